The molecule has 2 aliphatic rings. The Bertz CT molecular complexity index is 572. The Morgan fingerprint density at radius 1 is 1.33 bits per heavy atom. The topological polar surface area (TPSA) is 29.1 Å². The van der Waals surface area contributed by atoms with Gasteiger partial charge in [-0.1, -0.05) is 48.2 Å². The van der Waals surface area contributed by atoms with E-state index in [-0.39, 0.29) is 11.9 Å². The van der Waals surface area contributed by atoms with Gasteiger partial charge in [0.25, 0.3) is 5.91 Å². The zero-order chi connectivity index (χ0) is 15.0. The molecule has 2 aliphatic carbocycles. The predicted octanol–water partition coefficient (Wildman–Crippen LogP) is 4.86. The normalized spacial score (nSPS) is 20.0. The highest BCUT2D eigenvalue weighted by Crippen LogP contribution is 2.41. The van der Waals surface area contributed by atoms with Gasteiger partial charge >= 0.3 is 0 Å². The van der Waals surface area contributed by atoms with E-state index in [9.17, 15) is 4.79 Å². The van der Waals surface area contributed by atoms with Gasteiger partial charge in [0.05, 0.1) is 10.6 Å². The number of hydrogen-bond acceptors (Lipinski definition) is 1. The summed E-state index contributed by atoms with van der Waals surface area (Å²) in [5.41, 5.74) is 1.79. The van der Waals surface area contributed by atoms with Crippen LogP contribution in [0.4, 0.5) is 0 Å². The van der Waals surface area contributed by atoms with E-state index in [1.165, 1.54) is 18.4 Å². The van der Waals surface area contributed by atoms with Crippen molar-refractivity contribution >= 4 is 29.1 Å². The van der Waals surface area contributed by atoms with Crippen LogP contribution in [-0.2, 0) is 0 Å². The maximum atomic E-state index is 12.5. The number of carbonyl (C=O) groups excluding carboxylic acids is 1. The first-order valence-electron chi connectivity index (χ1n) is 7.45. The van der Waals surface area contributed by atoms with Crippen molar-refractivity contribution in [2.24, 2.45) is 11.8 Å². The Hall–Kier alpha value is -0.990. The molecule has 0 radical (unpaired) electrons. The van der Waals surface area contributed by atoms with Gasteiger partial charge in [0, 0.05) is 11.1 Å². The quantitative estimate of drug-likeness (QED) is 0.770. The third-order valence-electron chi connectivity index (χ3n) is 4.45. The van der Waals surface area contributed by atoms with Gasteiger partial charge in [0.2, 0.25) is 0 Å². The molecule has 1 atom stereocenters. The molecule has 21 heavy (non-hydrogen) atoms. The molecule has 0 aliphatic heterocycles. The fourth-order valence-corrected chi connectivity index (χ4v) is 3.46. The van der Waals surface area contributed by atoms with Gasteiger partial charge in [-0.15, -0.1) is 0 Å². The zero-order valence-electron chi connectivity index (χ0n) is 11.9. The van der Waals surface area contributed by atoms with E-state index in [0.717, 1.165) is 25.2 Å². The molecule has 0 spiro atoms. The number of carbonyl (C=O) groups is 1. The highest BCUT2D eigenvalue weighted by molar-refractivity contribution is 6.36. The minimum absolute atomic E-state index is 0.0974. The summed E-state index contributed by atoms with van der Waals surface area (Å²) >= 11 is 12.0. The zero-order valence-corrected chi connectivity index (χ0v) is 13.4. The van der Waals surface area contributed by atoms with Crippen molar-refractivity contribution in [2.45, 2.75) is 38.1 Å². The SMILES string of the molecule is C=C1CC(C(CC2CC2)NC(=O)c2ccc(Cl)cc2Cl)C1. The summed E-state index contributed by atoms with van der Waals surface area (Å²) in [5.74, 6) is 1.22. The van der Waals surface area contributed by atoms with Crippen LogP contribution >= 0.6 is 23.2 Å². The lowest BCUT2D eigenvalue weighted by Gasteiger charge is -2.36. The summed E-state index contributed by atoms with van der Waals surface area (Å²) in [7, 11) is 0. The molecule has 3 rings (SSSR count). The molecule has 0 aromatic heterocycles. The number of rotatable bonds is 5. The standard InChI is InChI=1S/C17H19Cl2NO/c1-10-6-12(7-10)16(8-11-2-3-11)20-17(21)14-5-4-13(18)9-15(14)19/h4-5,9,11-12,16H,1-3,6-8H2,(H,20,21). The summed E-state index contributed by atoms with van der Waals surface area (Å²) < 4.78 is 0. The Morgan fingerprint density at radius 3 is 2.62 bits per heavy atom. The highest BCUT2D eigenvalue weighted by Gasteiger charge is 2.35. The molecule has 1 aromatic rings. The molecule has 1 amide bonds. The van der Waals surface area contributed by atoms with Gasteiger partial charge in [0.1, 0.15) is 0 Å². The Labute approximate surface area is 135 Å². The second-order valence-electron chi connectivity index (χ2n) is 6.30. The molecule has 112 valence electrons. The van der Waals surface area contributed by atoms with Crippen LogP contribution in [0.5, 0.6) is 0 Å². The Balaban J connectivity index is 1.68. The maximum Gasteiger partial charge on any atom is 0.253 e. The molecule has 2 fully saturated rings. The van der Waals surface area contributed by atoms with Crippen LogP contribution in [0.2, 0.25) is 10.0 Å². The molecule has 2 nitrogen and oxygen atoms in total. The smallest absolute Gasteiger partial charge is 0.253 e. The van der Waals surface area contributed by atoms with Crippen LogP contribution in [0.25, 0.3) is 0 Å². The number of benzene rings is 1. The van der Waals surface area contributed by atoms with Crippen molar-refractivity contribution in [1.29, 1.82) is 0 Å². The highest BCUT2D eigenvalue weighted by atomic mass is 35.5. The molecule has 0 saturated heterocycles. The maximum absolute atomic E-state index is 12.5. The minimum Gasteiger partial charge on any atom is -0.349 e. The van der Waals surface area contributed by atoms with Gasteiger partial charge in [-0.3, -0.25) is 4.79 Å². The molecular weight excluding hydrogens is 305 g/mol. The minimum atomic E-state index is -0.0974. The van der Waals surface area contributed by atoms with E-state index < -0.39 is 0 Å². The lowest BCUT2D eigenvalue weighted by Crippen LogP contribution is -2.43. The number of nitrogens with one attached hydrogen (secondary N) is 1. The summed E-state index contributed by atoms with van der Waals surface area (Å²) in [4.78, 5) is 12.5. The lowest BCUT2D eigenvalue weighted by atomic mass is 9.74. The Morgan fingerprint density at radius 2 is 2.05 bits per heavy atom. The van der Waals surface area contributed by atoms with Gasteiger partial charge in [-0.2, -0.15) is 0 Å². The molecule has 0 heterocycles. The van der Waals surface area contributed by atoms with Crippen molar-refractivity contribution in [1.82, 2.24) is 5.32 Å². The van der Waals surface area contributed by atoms with Gasteiger partial charge in [-0.25, -0.2) is 0 Å². The molecule has 1 unspecified atom stereocenters. The van der Waals surface area contributed by atoms with Gasteiger partial charge in [-0.05, 0) is 49.3 Å². The first-order valence-corrected chi connectivity index (χ1v) is 8.21. The van der Waals surface area contributed by atoms with Crippen LogP contribution in [0.15, 0.2) is 30.4 Å². The first-order chi connectivity index (χ1) is 10.0. The number of hydrogen-bond donors (Lipinski definition) is 1. The number of allylic oxidation sites excluding steroid dienone is 1. The van der Waals surface area contributed by atoms with E-state index in [4.69, 9.17) is 23.2 Å². The molecule has 4 heteroatoms. The monoisotopic (exact) mass is 323 g/mol. The first kappa shape index (κ1) is 14.9. The van der Waals surface area contributed by atoms with Crippen molar-refractivity contribution in [3.8, 4) is 0 Å². The van der Waals surface area contributed by atoms with E-state index in [0.29, 0.717) is 21.5 Å². The van der Waals surface area contributed by atoms with Gasteiger partial charge in [0.15, 0.2) is 0 Å². The van der Waals surface area contributed by atoms with Crippen LogP contribution in [0.3, 0.4) is 0 Å². The average Bonchev–Trinajstić information content (AvgIpc) is 3.18. The van der Waals surface area contributed by atoms with E-state index in [1.807, 2.05) is 0 Å². The van der Waals surface area contributed by atoms with Crippen molar-refractivity contribution in [2.75, 3.05) is 0 Å². The lowest BCUT2D eigenvalue weighted by molar-refractivity contribution is 0.0908. The fourth-order valence-electron chi connectivity index (χ4n) is 2.97. The predicted molar refractivity (Wildman–Crippen MR) is 86.9 cm³/mol. The molecule has 1 aromatic carbocycles. The van der Waals surface area contributed by atoms with Gasteiger partial charge < -0.3 is 5.32 Å². The molecule has 1 N–H and O–H groups in total. The molecule has 2 saturated carbocycles. The summed E-state index contributed by atoms with van der Waals surface area (Å²) in [6.45, 7) is 4.00. The van der Waals surface area contributed by atoms with Crippen LogP contribution in [0, 0.1) is 11.8 Å². The molecular formula is C17H19Cl2NO. The summed E-state index contributed by atoms with van der Waals surface area (Å²) in [6.07, 6.45) is 5.73. The summed E-state index contributed by atoms with van der Waals surface area (Å²) in [5, 5.41) is 4.13. The van der Waals surface area contributed by atoms with Crippen molar-refractivity contribution in [3.05, 3.63) is 46.0 Å². The number of halogens is 2. The second kappa shape index (κ2) is 6.02. The Kier molecular flexibility index (Phi) is 4.28. The number of amides is 1. The second-order valence-corrected chi connectivity index (χ2v) is 7.15. The van der Waals surface area contributed by atoms with Crippen LogP contribution in [-0.4, -0.2) is 11.9 Å². The third-order valence-corrected chi connectivity index (χ3v) is 5.00. The van der Waals surface area contributed by atoms with E-state index in [2.05, 4.69) is 11.9 Å². The van der Waals surface area contributed by atoms with E-state index >= 15 is 0 Å². The van der Waals surface area contributed by atoms with Crippen molar-refractivity contribution < 1.29 is 4.79 Å². The fraction of sp³-hybridized carbons (Fsp3) is 0.471. The summed E-state index contributed by atoms with van der Waals surface area (Å²) in [6, 6.07) is 5.23. The van der Waals surface area contributed by atoms with E-state index in [1.54, 1.807) is 18.2 Å². The van der Waals surface area contributed by atoms with Crippen LogP contribution < -0.4 is 5.32 Å². The largest absolute Gasteiger partial charge is 0.349 e. The van der Waals surface area contributed by atoms with Crippen LogP contribution in [0.1, 0.15) is 42.5 Å². The third kappa shape index (κ3) is 3.61. The molecule has 0 bridgehead atoms. The average molecular weight is 324 g/mol. The van der Waals surface area contributed by atoms with Crippen molar-refractivity contribution in [3.63, 3.8) is 0 Å².